The van der Waals surface area contributed by atoms with Crippen LogP contribution in [0.2, 0.25) is 0 Å². The van der Waals surface area contributed by atoms with Crippen LogP contribution >= 0.6 is 0 Å². The zero-order valence-corrected chi connectivity index (χ0v) is 17.5. The zero-order valence-electron chi connectivity index (χ0n) is 15.5. The number of carbonyl (C=O) groups excluding carboxylic acids is 1. The minimum absolute atomic E-state index is 0. The molecule has 0 aromatic heterocycles. The number of carbonyl (C=O) groups is 2. The number of carboxylic acids is 2. The van der Waals surface area contributed by atoms with Crippen LogP contribution in [-0.2, 0) is 9.59 Å². The molecule has 0 spiro atoms. The van der Waals surface area contributed by atoms with Gasteiger partial charge in [-0.05, 0) is 25.8 Å². The molecule has 0 aliphatic carbocycles. The van der Waals surface area contributed by atoms with Crippen molar-refractivity contribution in [2.24, 2.45) is 11.8 Å². The first kappa shape index (κ1) is 25.8. The third kappa shape index (κ3) is 10.5. The maximum atomic E-state index is 11.1. The van der Waals surface area contributed by atoms with Gasteiger partial charge in [0.25, 0.3) is 0 Å². The van der Waals surface area contributed by atoms with Crippen molar-refractivity contribution in [3.63, 3.8) is 0 Å². The predicted octanol–water partition coefficient (Wildman–Crippen LogP) is -2.00. The number of nitrogens with zero attached hydrogens (tertiary/aromatic N) is 1. The molecule has 0 radical (unpaired) electrons. The molecule has 0 aliphatic heterocycles. The number of aliphatic hydroxyl groups is 1. The summed E-state index contributed by atoms with van der Waals surface area (Å²) in [7, 11) is 0. The summed E-state index contributed by atoms with van der Waals surface area (Å²) in [6.07, 6.45) is 8.26. The Bertz CT molecular complexity index is 378. The standard InChI is InChI=1S/C17H31NO5.Na/c1-4-5-6-7-8-9-10-18(13-19,11-14(2)16(20)21)12-15(3)17(22)23;/h8-9,14-15,19H,4-7,10-13H2,1-3H3,(H-,20,21,22,23);/q;+1/b9-8+;. The first-order valence-corrected chi connectivity index (χ1v) is 8.32. The largest absolute Gasteiger partial charge is 1.00 e. The summed E-state index contributed by atoms with van der Waals surface area (Å²) in [6.45, 7) is 5.67. The number of quaternary nitrogens is 1. The minimum Gasteiger partial charge on any atom is -0.550 e. The summed E-state index contributed by atoms with van der Waals surface area (Å²) in [5.74, 6) is -3.55. The van der Waals surface area contributed by atoms with Gasteiger partial charge in [-0.15, -0.1) is 0 Å². The summed E-state index contributed by atoms with van der Waals surface area (Å²) in [6, 6.07) is 0. The van der Waals surface area contributed by atoms with Crippen LogP contribution in [-0.4, -0.2) is 53.0 Å². The van der Waals surface area contributed by atoms with E-state index in [1.807, 2.05) is 12.2 Å². The van der Waals surface area contributed by atoms with E-state index in [0.717, 1.165) is 25.7 Å². The summed E-state index contributed by atoms with van der Waals surface area (Å²) in [4.78, 5) is 22.1. The fourth-order valence-corrected chi connectivity index (χ4v) is 2.64. The van der Waals surface area contributed by atoms with E-state index in [9.17, 15) is 19.8 Å². The monoisotopic (exact) mass is 352 g/mol. The van der Waals surface area contributed by atoms with Crippen LogP contribution in [0.1, 0.15) is 46.5 Å². The van der Waals surface area contributed by atoms with Crippen LogP contribution in [0.5, 0.6) is 0 Å². The predicted molar refractivity (Wildman–Crippen MR) is 86.2 cm³/mol. The van der Waals surface area contributed by atoms with Crippen LogP contribution in [0, 0.1) is 11.8 Å². The zero-order chi connectivity index (χ0) is 17.9. The minimum atomic E-state index is -1.18. The molecule has 0 aromatic rings. The maximum absolute atomic E-state index is 11.1. The molecular weight excluding hydrogens is 321 g/mol. The quantitative estimate of drug-likeness (QED) is 0.131. The van der Waals surface area contributed by atoms with Crippen molar-refractivity contribution in [3.05, 3.63) is 12.2 Å². The number of hydrogen-bond donors (Lipinski definition) is 2. The molecule has 0 saturated heterocycles. The number of aliphatic hydroxyl groups excluding tert-OH is 1. The van der Waals surface area contributed by atoms with Crippen molar-refractivity contribution in [1.29, 1.82) is 0 Å². The SMILES string of the molecule is CCCCC/C=C/C[N+](CO)(CC(C)C(=O)[O-])CC(C)C(=O)O.[Na+]. The Labute approximate surface area is 167 Å². The summed E-state index contributed by atoms with van der Waals surface area (Å²) in [5, 5.41) is 29.9. The second-order valence-electron chi connectivity index (χ2n) is 6.46. The summed E-state index contributed by atoms with van der Waals surface area (Å²) in [5.41, 5.74) is 0. The van der Waals surface area contributed by atoms with Crippen LogP contribution < -0.4 is 34.7 Å². The van der Waals surface area contributed by atoms with Gasteiger partial charge in [-0.2, -0.15) is 0 Å². The van der Waals surface area contributed by atoms with E-state index in [0.29, 0.717) is 6.54 Å². The van der Waals surface area contributed by atoms with Gasteiger partial charge in [0.05, 0.1) is 19.6 Å². The average Bonchev–Trinajstić information content (AvgIpc) is 2.50. The van der Waals surface area contributed by atoms with E-state index < -0.39 is 23.8 Å². The third-order valence-corrected chi connectivity index (χ3v) is 4.08. The molecule has 6 nitrogen and oxygen atoms in total. The molecule has 7 heteroatoms. The number of allylic oxidation sites excluding steroid dienone is 1. The van der Waals surface area contributed by atoms with Gasteiger partial charge in [0, 0.05) is 11.9 Å². The smallest absolute Gasteiger partial charge is 0.550 e. The molecule has 0 saturated carbocycles. The number of aliphatic carboxylic acids is 2. The maximum Gasteiger partial charge on any atom is 1.00 e. The first-order chi connectivity index (χ1) is 10.8. The van der Waals surface area contributed by atoms with Crippen LogP contribution in [0.4, 0.5) is 0 Å². The fourth-order valence-electron chi connectivity index (χ4n) is 2.64. The van der Waals surface area contributed by atoms with Crippen molar-refractivity contribution < 1.29 is 58.9 Å². The van der Waals surface area contributed by atoms with Crippen molar-refractivity contribution in [2.45, 2.75) is 46.5 Å². The molecule has 0 amide bonds. The van der Waals surface area contributed by atoms with E-state index in [2.05, 4.69) is 6.92 Å². The fraction of sp³-hybridized carbons (Fsp3) is 0.765. The normalized spacial score (nSPS) is 16.2. The number of hydrogen-bond acceptors (Lipinski definition) is 4. The van der Waals surface area contributed by atoms with Gasteiger partial charge in [-0.3, -0.25) is 9.28 Å². The van der Waals surface area contributed by atoms with Crippen molar-refractivity contribution in [2.75, 3.05) is 26.4 Å². The van der Waals surface area contributed by atoms with Crippen molar-refractivity contribution >= 4 is 11.9 Å². The molecule has 134 valence electrons. The van der Waals surface area contributed by atoms with Gasteiger partial charge in [-0.25, -0.2) is 0 Å². The van der Waals surface area contributed by atoms with E-state index >= 15 is 0 Å². The third-order valence-electron chi connectivity index (χ3n) is 4.08. The molecule has 0 rings (SSSR count). The Hall–Kier alpha value is -0.400. The Kier molecular flexibility index (Phi) is 14.9. The van der Waals surface area contributed by atoms with Crippen LogP contribution in [0.3, 0.4) is 0 Å². The van der Waals surface area contributed by atoms with E-state index in [-0.39, 0.29) is 53.9 Å². The molecule has 2 N–H and O–H groups in total. The number of unbranched alkanes of at least 4 members (excludes halogenated alkanes) is 3. The molecule has 0 aromatic carbocycles. The molecular formula is C17H31NNaO5+. The van der Waals surface area contributed by atoms with Gasteiger partial charge in [-0.1, -0.05) is 32.8 Å². The van der Waals surface area contributed by atoms with E-state index in [1.54, 1.807) is 6.92 Å². The second-order valence-corrected chi connectivity index (χ2v) is 6.46. The van der Waals surface area contributed by atoms with Gasteiger partial charge >= 0.3 is 35.5 Å². The van der Waals surface area contributed by atoms with Gasteiger partial charge in [0.15, 0.2) is 6.73 Å². The van der Waals surface area contributed by atoms with E-state index in [1.165, 1.54) is 6.92 Å². The molecule has 0 heterocycles. The van der Waals surface area contributed by atoms with Gasteiger partial charge in [0.1, 0.15) is 5.92 Å². The summed E-state index contributed by atoms with van der Waals surface area (Å²) >= 11 is 0. The molecule has 24 heavy (non-hydrogen) atoms. The summed E-state index contributed by atoms with van der Waals surface area (Å²) < 4.78 is 0.0207. The Morgan fingerprint density at radius 2 is 1.71 bits per heavy atom. The van der Waals surface area contributed by atoms with Crippen LogP contribution in [0.25, 0.3) is 0 Å². The average molecular weight is 352 g/mol. The Morgan fingerprint density at radius 1 is 1.12 bits per heavy atom. The Morgan fingerprint density at radius 3 is 2.17 bits per heavy atom. The molecule has 0 aliphatic rings. The first-order valence-electron chi connectivity index (χ1n) is 8.32. The number of carboxylic acid groups (broad SMARTS) is 2. The molecule has 0 fully saturated rings. The second kappa shape index (κ2) is 13.8. The molecule has 0 bridgehead atoms. The topological polar surface area (TPSA) is 97.7 Å². The van der Waals surface area contributed by atoms with Crippen molar-refractivity contribution in [3.8, 4) is 0 Å². The Balaban J connectivity index is 0. The van der Waals surface area contributed by atoms with E-state index in [4.69, 9.17) is 5.11 Å². The number of rotatable bonds is 13. The van der Waals surface area contributed by atoms with Gasteiger partial charge in [0.2, 0.25) is 0 Å². The van der Waals surface area contributed by atoms with Crippen LogP contribution in [0.15, 0.2) is 12.2 Å². The molecule has 3 unspecified atom stereocenters. The van der Waals surface area contributed by atoms with Gasteiger partial charge < -0.3 is 20.1 Å². The molecule has 3 atom stereocenters. The van der Waals surface area contributed by atoms with Crippen molar-refractivity contribution in [1.82, 2.24) is 0 Å².